The van der Waals surface area contributed by atoms with E-state index in [0.717, 1.165) is 5.75 Å². The van der Waals surface area contributed by atoms with Crippen LogP contribution in [0.3, 0.4) is 0 Å². The summed E-state index contributed by atoms with van der Waals surface area (Å²) in [6.45, 7) is 5.52. The summed E-state index contributed by atoms with van der Waals surface area (Å²) >= 11 is 1.55. The molecule has 0 radical (unpaired) electrons. The molecule has 1 aromatic rings. The third-order valence-electron chi connectivity index (χ3n) is 3.49. The molecule has 108 valence electrons. The van der Waals surface area contributed by atoms with Crippen LogP contribution < -0.4 is 5.56 Å². The fourth-order valence-electron chi connectivity index (χ4n) is 2.68. The monoisotopic (exact) mass is 295 g/mol. The number of thioether (sulfide) groups is 1. The van der Waals surface area contributed by atoms with E-state index in [0.29, 0.717) is 24.8 Å². The molecule has 6 nitrogen and oxygen atoms in total. The van der Waals surface area contributed by atoms with Crippen molar-refractivity contribution in [2.24, 2.45) is 0 Å². The van der Waals surface area contributed by atoms with Crippen molar-refractivity contribution in [1.29, 1.82) is 0 Å². The first-order chi connectivity index (χ1) is 9.56. The van der Waals surface area contributed by atoms with Crippen LogP contribution in [0.4, 0.5) is 0 Å². The van der Waals surface area contributed by atoms with E-state index in [-0.39, 0.29) is 29.2 Å². The van der Waals surface area contributed by atoms with Gasteiger partial charge in [0.25, 0.3) is 11.5 Å². The van der Waals surface area contributed by atoms with Crippen LogP contribution in [0, 0.1) is 0 Å². The summed E-state index contributed by atoms with van der Waals surface area (Å²) in [6.07, 6.45) is 1.39. The standard InChI is InChI=1S/C13H17N3O3S/c1-8-6-15(7-9(2)19-8)11(17)10-5-14-13-16(12(10)18)3-4-20-13/h5,8-9H,3-4,6-7H2,1-2H3/t8-,9-/m0/s1. The van der Waals surface area contributed by atoms with E-state index in [2.05, 4.69) is 4.98 Å². The number of aromatic nitrogens is 2. The Balaban J connectivity index is 1.90. The molecule has 1 amide bonds. The number of amides is 1. The molecule has 2 aliphatic heterocycles. The Hall–Kier alpha value is -1.34. The van der Waals surface area contributed by atoms with E-state index in [1.165, 1.54) is 6.20 Å². The first-order valence-corrected chi connectivity index (χ1v) is 7.72. The zero-order valence-electron chi connectivity index (χ0n) is 11.5. The molecule has 1 fully saturated rings. The highest BCUT2D eigenvalue weighted by atomic mass is 32.2. The van der Waals surface area contributed by atoms with Crippen LogP contribution in [-0.4, -0.2) is 51.4 Å². The maximum Gasteiger partial charge on any atom is 0.267 e. The third-order valence-corrected chi connectivity index (χ3v) is 4.46. The highest BCUT2D eigenvalue weighted by Gasteiger charge is 2.29. The molecule has 3 rings (SSSR count). The molecule has 0 aliphatic carbocycles. The summed E-state index contributed by atoms with van der Waals surface area (Å²) in [5.74, 6) is 0.600. The number of carbonyl (C=O) groups excluding carboxylic acids is 1. The average molecular weight is 295 g/mol. The zero-order valence-corrected chi connectivity index (χ0v) is 12.4. The van der Waals surface area contributed by atoms with E-state index in [1.54, 1.807) is 21.2 Å². The number of rotatable bonds is 1. The summed E-state index contributed by atoms with van der Waals surface area (Å²) in [7, 11) is 0. The predicted octanol–water partition coefficient (Wildman–Crippen LogP) is 0.598. The number of carbonyl (C=O) groups is 1. The summed E-state index contributed by atoms with van der Waals surface area (Å²) in [4.78, 5) is 30.8. The molecule has 1 aromatic heterocycles. The van der Waals surface area contributed by atoms with Crippen LogP contribution in [0.25, 0.3) is 0 Å². The third kappa shape index (κ3) is 2.35. The van der Waals surface area contributed by atoms with Crippen molar-refractivity contribution in [2.75, 3.05) is 18.8 Å². The minimum atomic E-state index is -0.239. The molecule has 0 aromatic carbocycles. The predicted molar refractivity (Wildman–Crippen MR) is 75.1 cm³/mol. The number of morpholine rings is 1. The molecule has 0 N–H and O–H groups in total. The smallest absolute Gasteiger partial charge is 0.267 e. The van der Waals surface area contributed by atoms with Crippen LogP contribution in [0.15, 0.2) is 16.1 Å². The van der Waals surface area contributed by atoms with Gasteiger partial charge in [-0.3, -0.25) is 14.2 Å². The topological polar surface area (TPSA) is 64.4 Å². The van der Waals surface area contributed by atoms with E-state index in [1.807, 2.05) is 13.8 Å². The van der Waals surface area contributed by atoms with Crippen molar-refractivity contribution >= 4 is 17.7 Å². The molecule has 0 unspecified atom stereocenters. The summed E-state index contributed by atoms with van der Waals surface area (Å²) in [6, 6.07) is 0. The lowest BCUT2D eigenvalue weighted by Gasteiger charge is -2.35. The number of hydrogen-bond acceptors (Lipinski definition) is 5. The number of nitrogens with zero attached hydrogens (tertiary/aromatic N) is 3. The normalized spacial score (nSPS) is 25.6. The summed E-state index contributed by atoms with van der Waals surface area (Å²) < 4.78 is 7.20. The van der Waals surface area contributed by atoms with Gasteiger partial charge in [-0.1, -0.05) is 11.8 Å². The van der Waals surface area contributed by atoms with Gasteiger partial charge in [-0.15, -0.1) is 0 Å². The Bertz CT molecular complexity index is 591. The Morgan fingerprint density at radius 2 is 2.10 bits per heavy atom. The lowest BCUT2D eigenvalue weighted by Crippen LogP contribution is -2.49. The molecule has 3 heterocycles. The molecular weight excluding hydrogens is 278 g/mol. The van der Waals surface area contributed by atoms with E-state index >= 15 is 0 Å². The molecule has 2 aliphatic rings. The van der Waals surface area contributed by atoms with Crippen LogP contribution in [0.2, 0.25) is 0 Å². The van der Waals surface area contributed by atoms with Gasteiger partial charge in [-0.2, -0.15) is 0 Å². The van der Waals surface area contributed by atoms with Crippen LogP contribution >= 0.6 is 11.8 Å². The van der Waals surface area contributed by atoms with Gasteiger partial charge in [-0.05, 0) is 13.8 Å². The Morgan fingerprint density at radius 3 is 2.80 bits per heavy atom. The van der Waals surface area contributed by atoms with E-state index in [4.69, 9.17) is 4.74 Å². The van der Waals surface area contributed by atoms with Crippen molar-refractivity contribution in [3.63, 3.8) is 0 Å². The largest absolute Gasteiger partial charge is 0.372 e. The first-order valence-electron chi connectivity index (χ1n) is 6.73. The summed E-state index contributed by atoms with van der Waals surface area (Å²) in [5.41, 5.74) is -0.0608. The van der Waals surface area contributed by atoms with Crippen LogP contribution in [-0.2, 0) is 11.3 Å². The Kier molecular flexibility index (Phi) is 3.55. The maximum atomic E-state index is 12.5. The van der Waals surface area contributed by atoms with Gasteiger partial charge in [0.2, 0.25) is 0 Å². The fourth-order valence-corrected chi connectivity index (χ4v) is 3.59. The second-order valence-electron chi connectivity index (χ2n) is 5.23. The SMILES string of the molecule is C[C@H]1CN(C(=O)c2cnc3n(c2=O)CCS3)C[C@H](C)O1. The minimum Gasteiger partial charge on any atom is -0.372 e. The first kappa shape index (κ1) is 13.6. The molecule has 7 heteroatoms. The summed E-state index contributed by atoms with van der Waals surface area (Å²) in [5, 5.41) is 0.704. The minimum absolute atomic E-state index is 0.0107. The van der Waals surface area contributed by atoms with Gasteiger partial charge in [0, 0.05) is 31.6 Å². The van der Waals surface area contributed by atoms with Gasteiger partial charge in [-0.25, -0.2) is 4.98 Å². The number of hydrogen-bond donors (Lipinski definition) is 0. The Morgan fingerprint density at radius 1 is 1.40 bits per heavy atom. The molecular formula is C13H17N3O3S. The van der Waals surface area contributed by atoms with Crippen molar-refractivity contribution < 1.29 is 9.53 Å². The lowest BCUT2D eigenvalue weighted by atomic mass is 10.2. The second kappa shape index (κ2) is 5.21. The van der Waals surface area contributed by atoms with Gasteiger partial charge in [0.05, 0.1) is 12.2 Å². The molecule has 0 saturated carbocycles. The van der Waals surface area contributed by atoms with Crippen molar-refractivity contribution in [1.82, 2.24) is 14.5 Å². The van der Waals surface area contributed by atoms with Crippen molar-refractivity contribution in [3.8, 4) is 0 Å². The van der Waals surface area contributed by atoms with Crippen molar-refractivity contribution in [2.45, 2.75) is 37.8 Å². The fraction of sp³-hybridized carbons (Fsp3) is 0.615. The average Bonchev–Trinajstić information content (AvgIpc) is 2.86. The molecule has 20 heavy (non-hydrogen) atoms. The highest BCUT2D eigenvalue weighted by molar-refractivity contribution is 7.99. The van der Waals surface area contributed by atoms with E-state index < -0.39 is 0 Å². The quantitative estimate of drug-likeness (QED) is 0.710. The van der Waals surface area contributed by atoms with Gasteiger partial charge < -0.3 is 9.64 Å². The van der Waals surface area contributed by atoms with E-state index in [9.17, 15) is 9.59 Å². The highest BCUT2D eigenvalue weighted by Crippen LogP contribution is 2.21. The molecule has 0 bridgehead atoms. The van der Waals surface area contributed by atoms with Gasteiger partial charge >= 0.3 is 0 Å². The zero-order chi connectivity index (χ0) is 14.3. The van der Waals surface area contributed by atoms with Crippen LogP contribution in [0.1, 0.15) is 24.2 Å². The van der Waals surface area contributed by atoms with Gasteiger partial charge in [0.1, 0.15) is 5.56 Å². The second-order valence-corrected chi connectivity index (χ2v) is 6.29. The lowest BCUT2D eigenvalue weighted by molar-refractivity contribution is -0.0586. The molecule has 1 saturated heterocycles. The molecule has 0 spiro atoms. The number of ether oxygens (including phenoxy) is 1. The maximum absolute atomic E-state index is 12.5. The van der Waals surface area contributed by atoms with Crippen LogP contribution in [0.5, 0.6) is 0 Å². The Labute approximate surface area is 121 Å². The number of fused-ring (bicyclic) bond motifs is 1. The molecule has 2 atom stereocenters. The van der Waals surface area contributed by atoms with Gasteiger partial charge in [0.15, 0.2) is 5.16 Å². The van der Waals surface area contributed by atoms with Crippen molar-refractivity contribution in [3.05, 3.63) is 22.1 Å².